The Hall–Kier alpha value is -1.82. The van der Waals surface area contributed by atoms with Gasteiger partial charge in [-0.05, 0) is 26.8 Å². The topological polar surface area (TPSA) is 68.5 Å². The number of hydrogen-bond donors (Lipinski definition) is 1. The van der Waals surface area contributed by atoms with Crippen molar-refractivity contribution in [3.8, 4) is 0 Å². The Morgan fingerprint density at radius 3 is 2.75 bits per heavy atom. The molecule has 108 valence electrons. The molecular weight excluding hydrogens is 252 g/mol. The van der Waals surface area contributed by atoms with Gasteiger partial charge in [-0.3, -0.25) is 9.97 Å². The minimum Gasteiger partial charge on any atom is -0.308 e. The van der Waals surface area contributed by atoms with Crippen LogP contribution in [-0.4, -0.2) is 31.3 Å². The zero-order valence-corrected chi connectivity index (χ0v) is 12.3. The van der Waals surface area contributed by atoms with Crippen LogP contribution in [0, 0.1) is 0 Å². The van der Waals surface area contributed by atoms with Gasteiger partial charge in [-0.1, -0.05) is 6.92 Å². The predicted molar refractivity (Wildman–Crippen MR) is 77.2 cm³/mol. The quantitative estimate of drug-likeness (QED) is 0.835. The van der Waals surface area contributed by atoms with Crippen LogP contribution in [0.1, 0.15) is 50.8 Å². The summed E-state index contributed by atoms with van der Waals surface area (Å²) in [6.07, 6.45) is 8.68. The average molecular weight is 274 g/mol. The second kappa shape index (κ2) is 7.09. The fraction of sp³-hybridized carbons (Fsp3) is 0.571. The predicted octanol–water partition coefficient (Wildman–Crippen LogP) is 1.93. The van der Waals surface area contributed by atoms with Gasteiger partial charge in [0.1, 0.15) is 12.2 Å². The van der Waals surface area contributed by atoms with Gasteiger partial charge in [-0.15, -0.1) is 0 Å². The van der Waals surface area contributed by atoms with Gasteiger partial charge in [0.05, 0.1) is 11.7 Å². The summed E-state index contributed by atoms with van der Waals surface area (Å²) in [6.45, 7) is 7.30. The van der Waals surface area contributed by atoms with Crippen LogP contribution in [0.5, 0.6) is 0 Å². The van der Waals surface area contributed by atoms with E-state index in [1.165, 1.54) is 0 Å². The molecule has 20 heavy (non-hydrogen) atoms. The highest BCUT2D eigenvalue weighted by Gasteiger charge is 2.17. The number of nitrogens with zero attached hydrogens (tertiary/aromatic N) is 5. The number of hydrogen-bond acceptors (Lipinski definition) is 5. The van der Waals surface area contributed by atoms with Gasteiger partial charge in [-0.2, -0.15) is 5.10 Å². The third-order valence-electron chi connectivity index (χ3n) is 3.10. The Balaban J connectivity index is 2.17. The lowest BCUT2D eigenvalue weighted by Gasteiger charge is -2.18. The van der Waals surface area contributed by atoms with Gasteiger partial charge in [0.2, 0.25) is 0 Å². The first-order valence-electron chi connectivity index (χ1n) is 7.10. The second-order valence-corrected chi connectivity index (χ2v) is 5.06. The van der Waals surface area contributed by atoms with Crippen LogP contribution in [0.15, 0.2) is 24.9 Å². The molecule has 6 nitrogen and oxygen atoms in total. The summed E-state index contributed by atoms with van der Waals surface area (Å²) in [7, 11) is 0. The van der Waals surface area contributed by atoms with E-state index in [0.29, 0.717) is 6.04 Å². The van der Waals surface area contributed by atoms with Crippen LogP contribution in [-0.2, 0) is 6.42 Å². The van der Waals surface area contributed by atoms with E-state index in [1.54, 1.807) is 18.7 Å². The smallest absolute Gasteiger partial charge is 0.138 e. The van der Waals surface area contributed by atoms with Crippen molar-refractivity contribution in [1.82, 2.24) is 30.0 Å². The summed E-state index contributed by atoms with van der Waals surface area (Å²) in [5.74, 6) is 0.972. The Kier molecular flexibility index (Phi) is 5.17. The molecule has 2 rings (SSSR count). The van der Waals surface area contributed by atoms with E-state index < -0.39 is 0 Å². The third kappa shape index (κ3) is 3.60. The molecule has 6 heteroatoms. The third-order valence-corrected chi connectivity index (χ3v) is 3.10. The molecule has 0 radical (unpaired) electrons. The summed E-state index contributed by atoms with van der Waals surface area (Å²) in [6, 6.07) is 0.423. The molecule has 0 aromatic carbocycles. The summed E-state index contributed by atoms with van der Waals surface area (Å²) >= 11 is 0. The number of rotatable bonds is 7. The summed E-state index contributed by atoms with van der Waals surface area (Å²) in [5, 5.41) is 7.79. The molecule has 0 fully saturated rings. The molecule has 0 amide bonds. The Morgan fingerprint density at radius 1 is 1.25 bits per heavy atom. The maximum Gasteiger partial charge on any atom is 0.138 e. The highest BCUT2D eigenvalue weighted by Crippen LogP contribution is 2.16. The zero-order valence-electron chi connectivity index (χ0n) is 12.3. The van der Waals surface area contributed by atoms with E-state index in [0.717, 1.165) is 30.9 Å². The van der Waals surface area contributed by atoms with E-state index in [2.05, 4.69) is 46.1 Å². The van der Waals surface area contributed by atoms with Gasteiger partial charge < -0.3 is 5.32 Å². The highest BCUT2D eigenvalue weighted by atomic mass is 15.3. The highest BCUT2D eigenvalue weighted by molar-refractivity contribution is 5.06. The SMILES string of the molecule is CCCNC(Cc1ncnn1C(C)C)c1cnccn1. The van der Waals surface area contributed by atoms with E-state index in [9.17, 15) is 0 Å². The first kappa shape index (κ1) is 14.6. The maximum absolute atomic E-state index is 4.40. The van der Waals surface area contributed by atoms with Crippen molar-refractivity contribution in [2.24, 2.45) is 0 Å². The fourth-order valence-electron chi connectivity index (χ4n) is 2.12. The molecular formula is C14H22N6. The Bertz CT molecular complexity index is 507. The molecule has 0 spiro atoms. The lowest BCUT2D eigenvalue weighted by Crippen LogP contribution is -2.26. The van der Waals surface area contributed by atoms with Crippen LogP contribution >= 0.6 is 0 Å². The van der Waals surface area contributed by atoms with Gasteiger partial charge in [0.15, 0.2) is 0 Å². The normalized spacial score (nSPS) is 12.8. The Morgan fingerprint density at radius 2 is 2.10 bits per heavy atom. The van der Waals surface area contributed by atoms with E-state index in [-0.39, 0.29) is 6.04 Å². The standard InChI is InChI=1S/C14H22N6/c1-4-5-16-12(13-9-15-6-7-17-13)8-14-18-10-19-20(14)11(2)3/h6-7,9-12,16H,4-5,8H2,1-3H3. The van der Waals surface area contributed by atoms with Crippen LogP contribution in [0.2, 0.25) is 0 Å². The Labute approximate surface area is 119 Å². The van der Waals surface area contributed by atoms with Crippen molar-refractivity contribution < 1.29 is 0 Å². The van der Waals surface area contributed by atoms with Crippen LogP contribution in [0.25, 0.3) is 0 Å². The molecule has 0 aliphatic heterocycles. The minimum atomic E-state index is 0.116. The zero-order chi connectivity index (χ0) is 14.4. The molecule has 0 aliphatic carbocycles. The van der Waals surface area contributed by atoms with E-state index >= 15 is 0 Å². The summed E-state index contributed by atoms with van der Waals surface area (Å²) in [5.41, 5.74) is 0.944. The molecule has 2 aromatic heterocycles. The van der Waals surface area contributed by atoms with Crippen molar-refractivity contribution >= 4 is 0 Å². The van der Waals surface area contributed by atoms with Crippen molar-refractivity contribution in [2.75, 3.05) is 6.54 Å². The van der Waals surface area contributed by atoms with Crippen LogP contribution in [0.4, 0.5) is 0 Å². The van der Waals surface area contributed by atoms with Crippen molar-refractivity contribution in [1.29, 1.82) is 0 Å². The summed E-state index contributed by atoms with van der Waals surface area (Å²) < 4.78 is 1.96. The lowest BCUT2D eigenvalue weighted by atomic mass is 10.1. The molecule has 1 atom stereocenters. The van der Waals surface area contributed by atoms with Gasteiger partial charge in [0, 0.05) is 31.1 Å². The van der Waals surface area contributed by atoms with Crippen LogP contribution in [0.3, 0.4) is 0 Å². The molecule has 0 bridgehead atoms. The summed E-state index contributed by atoms with van der Waals surface area (Å²) in [4.78, 5) is 12.9. The first-order valence-corrected chi connectivity index (χ1v) is 7.10. The van der Waals surface area contributed by atoms with E-state index in [4.69, 9.17) is 0 Å². The molecule has 2 heterocycles. The molecule has 0 saturated carbocycles. The van der Waals surface area contributed by atoms with Gasteiger partial charge in [-0.25, -0.2) is 9.67 Å². The number of aromatic nitrogens is 5. The molecule has 0 saturated heterocycles. The van der Waals surface area contributed by atoms with Gasteiger partial charge >= 0.3 is 0 Å². The fourth-order valence-corrected chi connectivity index (χ4v) is 2.12. The van der Waals surface area contributed by atoms with Crippen molar-refractivity contribution in [3.05, 3.63) is 36.4 Å². The molecule has 1 N–H and O–H groups in total. The largest absolute Gasteiger partial charge is 0.308 e. The monoisotopic (exact) mass is 274 g/mol. The number of nitrogens with one attached hydrogen (secondary N) is 1. The average Bonchev–Trinajstić information content (AvgIpc) is 2.92. The van der Waals surface area contributed by atoms with Crippen molar-refractivity contribution in [3.63, 3.8) is 0 Å². The van der Waals surface area contributed by atoms with Crippen LogP contribution < -0.4 is 5.32 Å². The molecule has 2 aromatic rings. The van der Waals surface area contributed by atoms with Crippen molar-refractivity contribution in [2.45, 2.75) is 45.7 Å². The first-order chi connectivity index (χ1) is 9.72. The molecule has 0 aliphatic rings. The van der Waals surface area contributed by atoms with E-state index in [1.807, 2.05) is 10.9 Å². The second-order valence-electron chi connectivity index (χ2n) is 5.06. The minimum absolute atomic E-state index is 0.116. The maximum atomic E-state index is 4.40. The van der Waals surface area contributed by atoms with Gasteiger partial charge in [0.25, 0.3) is 0 Å². The molecule has 1 unspecified atom stereocenters. The lowest BCUT2D eigenvalue weighted by molar-refractivity contribution is 0.457.